The lowest BCUT2D eigenvalue weighted by atomic mass is 10.1. The highest BCUT2D eigenvalue weighted by atomic mass is 16.1. The summed E-state index contributed by atoms with van der Waals surface area (Å²) >= 11 is 0. The Kier molecular flexibility index (Phi) is 5.85. The van der Waals surface area contributed by atoms with E-state index in [2.05, 4.69) is 15.6 Å². The van der Waals surface area contributed by atoms with Crippen LogP contribution in [0.2, 0.25) is 0 Å². The molecule has 0 aromatic rings. The van der Waals surface area contributed by atoms with Crippen molar-refractivity contribution in [3.8, 4) is 0 Å². The van der Waals surface area contributed by atoms with Crippen LogP contribution in [0, 0.1) is 0 Å². The normalized spacial score (nSPS) is 12.8. The van der Waals surface area contributed by atoms with Crippen LogP contribution < -0.4 is 16.4 Å². The minimum atomic E-state index is -0.103. The van der Waals surface area contributed by atoms with Gasteiger partial charge in [0.05, 0.1) is 6.54 Å². The summed E-state index contributed by atoms with van der Waals surface area (Å²) in [7, 11) is 0. The number of hydrogen-bond acceptors (Lipinski definition) is 2. The average Bonchev–Trinajstić information content (AvgIpc) is 1.98. The predicted octanol–water partition coefficient (Wildman–Crippen LogP) is 0.604. The highest BCUT2D eigenvalue weighted by Crippen LogP contribution is 1.97. The van der Waals surface area contributed by atoms with Crippen LogP contribution in [0.15, 0.2) is 4.99 Å². The van der Waals surface area contributed by atoms with Crippen molar-refractivity contribution in [2.24, 2.45) is 10.7 Å². The van der Waals surface area contributed by atoms with Gasteiger partial charge in [0.25, 0.3) is 0 Å². The maximum absolute atomic E-state index is 11.3. The molecule has 0 radical (unpaired) electrons. The zero-order valence-electron chi connectivity index (χ0n) is 10.9. The Morgan fingerprint density at radius 2 is 1.94 bits per heavy atom. The van der Waals surface area contributed by atoms with E-state index in [0.717, 1.165) is 0 Å². The van der Waals surface area contributed by atoms with Crippen LogP contribution in [0.5, 0.6) is 0 Å². The Morgan fingerprint density at radius 1 is 1.38 bits per heavy atom. The third-order valence-corrected chi connectivity index (χ3v) is 1.57. The number of rotatable bonds is 4. The van der Waals surface area contributed by atoms with Crippen LogP contribution in [0.4, 0.5) is 0 Å². The van der Waals surface area contributed by atoms with Crippen molar-refractivity contribution in [3.05, 3.63) is 0 Å². The monoisotopic (exact) mass is 228 g/mol. The van der Waals surface area contributed by atoms with E-state index in [1.165, 1.54) is 0 Å². The number of nitrogens with zero attached hydrogens (tertiary/aromatic N) is 1. The standard InChI is InChI=1S/C11H24N4O/c1-8(2)14-9(16)6-7-13-10(12)15-11(3,4)5/h8H,6-7H2,1-5H3,(H,14,16)(H3,12,13,15). The molecule has 0 aromatic carbocycles. The lowest BCUT2D eigenvalue weighted by Crippen LogP contribution is -2.45. The van der Waals surface area contributed by atoms with E-state index in [1.54, 1.807) is 0 Å². The minimum Gasteiger partial charge on any atom is -0.370 e. The first kappa shape index (κ1) is 14.7. The van der Waals surface area contributed by atoms with E-state index in [0.29, 0.717) is 18.9 Å². The van der Waals surface area contributed by atoms with Gasteiger partial charge in [-0.05, 0) is 34.6 Å². The van der Waals surface area contributed by atoms with E-state index >= 15 is 0 Å². The van der Waals surface area contributed by atoms with E-state index in [9.17, 15) is 4.79 Å². The van der Waals surface area contributed by atoms with Gasteiger partial charge in [0.1, 0.15) is 0 Å². The average molecular weight is 228 g/mol. The van der Waals surface area contributed by atoms with Gasteiger partial charge in [-0.25, -0.2) is 0 Å². The zero-order chi connectivity index (χ0) is 12.8. The SMILES string of the molecule is CC(C)NC(=O)CCN=C(N)NC(C)(C)C. The summed E-state index contributed by atoms with van der Waals surface area (Å²) < 4.78 is 0. The molecule has 5 nitrogen and oxygen atoms in total. The molecule has 0 aliphatic carbocycles. The highest BCUT2D eigenvalue weighted by Gasteiger charge is 2.09. The fourth-order valence-electron chi connectivity index (χ4n) is 1.10. The first-order valence-corrected chi connectivity index (χ1v) is 5.58. The number of guanidine groups is 1. The lowest BCUT2D eigenvalue weighted by Gasteiger charge is -2.20. The second kappa shape index (κ2) is 6.35. The van der Waals surface area contributed by atoms with Crippen LogP contribution in [-0.2, 0) is 4.79 Å². The molecule has 0 aliphatic heterocycles. The van der Waals surface area contributed by atoms with E-state index < -0.39 is 0 Å². The Hall–Kier alpha value is -1.26. The molecule has 94 valence electrons. The molecule has 0 bridgehead atoms. The summed E-state index contributed by atoms with van der Waals surface area (Å²) in [6.45, 7) is 10.3. The van der Waals surface area contributed by atoms with Gasteiger partial charge < -0.3 is 16.4 Å². The molecule has 0 saturated heterocycles. The Balaban J connectivity index is 3.87. The number of aliphatic imine (C=N–C) groups is 1. The lowest BCUT2D eigenvalue weighted by molar-refractivity contribution is -0.121. The van der Waals surface area contributed by atoms with Gasteiger partial charge in [0, 0.05) is 18.0 Å². The van der Waals surface area contributed by atoms with Gasteiger partial charge in [-0.1, -0.05) is 0 Å². The summed E-state index contributed by atoms with van der Waals surface area (Å²) in [5, 5.41) is 5.82. The first-order chi connectivity index (χ1) is 7.20. The molecule has 0 fully saturated rings. The molecule has 0 spiro atoms. The van der Waals surface area contributed by atoms with E-state index in [4.69, 9.17) is 5.73 Å². The summed E-state index contributed by atoms with van der Waals surface area (Å²) in [6.07, 6.45) is 0.366. The van der Waals surface area contributed by atoms with Crippen LogP contribution in [-0.4, -0.2) is 30.0 Å². The molecule has 16 heavy (non-hydrogen) atoms. The Morgan fingerprint density at radius 3 is 2.38 bits per heavy atom. The van der Waals surface area contributed by atoms with E-state index in [-0.39, 0.29) is 17.5 Å². The number of hydrogen-bond donors (Lipinski definition) is 3. The molecular formula is C11H24N4O. The van der Waals surface area contributed by atoms with Crippen molar-refractivity contribution in [1.29, 1.82) is 0 Å². The number of carbonyl (C=O) groups is 1. The number of nitrogens with two attached hydrogens (primary N) is 1. The van der Waals surface area contributed by atoms with Gasteiger partial charge in [-0.3, -0.25) is 9.79 Å². The molecule has 0 heterocycles. The summed E-state index contributed by atoms with van der Waals surface area (Å²) in [5.74, 6) is 0.382. The maximum atomic E-state index is 11.3. The smallest absolute Gasteiger partial charge is 0.222 e. The third-order valence-electron chi connectivity index (χ3n) is 1.57. The molecule has 0 rings (SSSR count). The van der Waals surface area contributed by atoms with Crippen molar-refractivity contribution in [2.45, 2.75) is 52.6 Å². The van der Waals surface area contributed by atoms with Crippen LogP contribution in [0.1, 0.15) is 41.0 Å². The number of amides is 1. The molecule has 5 heteroatoms. The molecule has 0 unspecified atom stereocenters. The topological polar surface area (TPSA) is 79.5 Å². The third kappa shape index (κ3) is 9.30. The molecule has 4 N–H and O–H groups in total. The van der Waals surface area contributed by atoms with Gasteiger partial charge in [-0.15, -0.1) is 0 Å². The summed E-state index contributed by atoms with van der Waals surface area (Å²) in [6, 6.07) is 0.168. The quantitative estimate of drug-likeness (QED) is 0.487. The molecule has 0 aliphatic rings. The zero-order valence-corrected chi connectivity index (χ0v) is 10.9. The van der Waals surface area contributed by atoms with Gasteiger partial charge in [0.2, 0.25) is 5.91 Å². The fourth-order valence-corrected chi connectivity index (χ4v) is 1.10. The summed E-state index contributed by atoms with van der Waals surface area (Å²) in [5.41, 5.74) is 5.55. The number of carbonyl (C=O) groups excluding carboxylic acids is 1. The second-order valence-corrected chi connectivity index (χ2v) is 5.11. The second-order valence-electron chi connectivity index (χ2n) is 5.11. The fraction of sp³-hybridized carbons (Fsp3) is 0.818. The molecule has 0 atom stereocenters. The van der Waals surface area contributed by atoms with Crippen molar-refractivity contribution in [3.63, 3.8) is 0 Å². The van der Waals surface area contributed by atoms with Gasteiger partial charge >= 0.3 is 0 Å². The van der Waals surface area contributed by atoms with Crippen molar-refractivity contribution < 1.29 is 4.79 Å². The number of nitrogens with one attached hydrogen (secondary N) is 2. The van der Waals surface area contributed by atoms with Gasteiger partial charge in [-0.2, -0.15) is 0 Å². The van der Waals surface area contributed by atoms with Crippen molar-refractivity contribution >= 4 is 11.9 Å². The molecule has 1 amide bonds. The highest BCUT2D eigenvalue weighted by molar-refractivity contribution is 5.80. The Bertz CT molecular complexity index is 253. The van der Waals surface area contributed by atoms with Gasteiger partial charge in [0.15, 0.2) is 5.96 Å². The first-order valence-electron chi connectivity index (χ1n) is 5.58. The summed E-state index contributed by atoms with van der Waals surface area (Å²) in [4.78, 5) is 15.4. The van der Waals surface area contributed by atoms with Crippen LogP contribution >= 0.6 is 0 Å². The maximum Gasteiger partial charge on any atom is 0.222 e. The largest absolute Gasteiger partial charge is 0.370 e. The molecule has 0 saturated carbocycles. The van der Waals surface area contributed by atoms with Crippen LogP contribution in [0.3, 0.4) is 0 Å². The molecule has 0 aromatic heterocycles. The minimum absolute atomic E-state index is 0.00214. The molecular weight excluding hydrogens is 204 g/mol. The van der Waals surface area contributed by atoms with E-state index in [1.807, 2.05) is 34.6 Å². The predicted molar refractivity (Wildman–Crippen MR) is 67.3 cm³/mol. The van der Waals surface area contributed by atoms with Crippen LogP contribution in [0.25, 0.3) is 0 Å². The van der Waals surface area contributed by atoms with Crippen molar-refractivity contribution in [2.75, 3.05) is 6.54 Å². The Labute approximate surface area is 97.9 Å². The van der Waals surface area contributed by atoms with Crippen molar-refractivity contribution in [1.82, 2.24) is 10.6 Å².